The van der Waals surface area contributed by atoms with E-state index in [-0.39, 0.29) is 0 Å². The van der Waals surface area contributed by atoms with Crippen molar-refractivity contribution in [1.82, 2.24) is 4.98 Å². The minimum Gasteiger partial charge on any atom is -0.399 e. The molecule has 0 atom stereocenters. The lowest BCUT2D eigenvalue weighted by Gasteiger charge is -2.23. The van der Waals surface area contributed by atoms with Gasteiger partial charge in [0.25, 0.3) is 5.91 Å². The minimum absolute atomic E-state index is 0.429. The Labute approximate surface area is 118 Å². The van der Waals surface area contributed by atoms with Gasteiger partial charge in [-0.15, -0.1) is 0 Å². The van der Waals surface area contributed by atoms with Crippen molar-refractivity contribution in [3.05, 3.63) is 53.7 Å². The van der Waals surface area contributed by atoms with Crippen molar-refractivity contribution in [2.24, 2.45) is 5.73 Å². The topological polar surface area (TPSA) is 85.2 Å². The highest BCUT2D eigenvalue weighted by molar-refractivity contribution is 5.97. The standard InChI is InChI=1S/C15H18N4O/c1-2-19(10-11-5-3-6-12(16)9-11)15-13(14(17)20)7-4-8-18-15/h3-9H,2,10,16H2,1H3,(H2,17,20). The summed E-state index contributed by atoms with van der Waals surface area (Å²) in [7, 11) is 0. The van der Waals surface area contributed by atoms with Gasteiger partial charge >= 0.3 is 0 Å². The number of carbonyl (C=O) groups excluding carboxylic acids is 1. The Morgan fingerprint density at radius 3 is 2.75 bits per heavy atom. The molecule has 1 aromatic heterocycles. The van der Waals surface area contributed by atoms with Crippen LogP contribution in [-0.2, 0) is 6.54 Å². The van der Waals surface area contributed by atoms with Gasteiger partial charge < -0.3 is 16.4 Å². The summed E-state index contributed by atoms with van der Waals surface area (Å²) in [5.41, 5.74) is 13.4. The second kappa shape index (κ2) is 6.06. The number of pyridine rings is 1. The predicted molar refractivity (Wildman–Crippen MR) is 80.3 cm³/mol. The van der Waals surface area contributed by atoms with Crippen LogP contribution in [0.25, 0.3) is 0 Å². The van der Waals surface area contributed by atoms with Crippen LogP contribution < -0.4 is 16.4 Å². The molecule has 2 aromatic rings. The number of nitrogens with zero attached hydrogens (tertiary/aromatic N) is 2. The zero-order valence-corrected chi connectivity index (χ0v) is 11.4. The SMILES string of the molecule is CCN(Cc1cccc(N)c1)c1ncccc1C(N)=O. The number of nitrogens with two attached hydrogens (primary N) is 2. The highest BCUT2D eigenvalue weighted by Gasteiger charge is 2.15. The van der Waals surface area contributed by atoms with E-state index in [0.29, 0.717) is 24.5 Å². The van der Waals surface area contributed by atoms with Gasteiger partial charge in [-0.1, -0.05) is 12.1 Å². The molecule has 0 aliphatic rings. The monoisotopic (exact) mass is 270 g/mol. The average Bonchev–Trinajstić information content (AvgIpc) is 2.45. The van der Waals surface area contributed by atoms with Crippen LogP contribution >= 0.6 is 0 Å². The first-order valence-corrected chi connectivity index (χ1v) is 6.46. The van der Waals surface area contributed by atoms with Gasteiger partial charge in [-0.25, -0.2) is 4.98 Å². The maximum absolute atomic E-state index is 11.5. The number of primary amides is 1. The van der Waals surface area contributed by atoms with Crippen molar-refractivity contribution in [3.8, 4) is 0 Å². The lowest BCUT2D eigenvalue weighted by Crippen LogP contribution is -2.26. The molecule has 0 unspecified atom stereocenters. The van der Waals surface area contributed by atoms with E-state index >= 15 is 0 Å². The highest BCUT2D eigenvalue weighted by atomic mass is 16.1. The first-order valence-electron chi connectivity index (χ1n) is 6.46. The van der Waals surface area contributed by atoms with Gasteiger partial charge in [-0.2, -0.15) is 0 Å². The minimum atomic E-state index is -0.473. The van der Waals surface area contributed by atoms with Crippen LogP contribution in [0, 0.1) is 0 Å². The van der Waals surface area contributed by atoms with Crippen molar-refractivity contribution in [3.63, 3.8) is 0 Å². The van der Waals surface area contributed by atoms with E-state index in [1.165, 1.54) is 0 Å². The third-order valence-corrected chi connectivity index (χ3v) is 3.06. The number of anilines is 2. The summed E-state index contributed by atoms with van der Waals surface area (Å²) in [6.07, 6.45) is 1.66. The van der Waals surface area contributed by atoms with Crippen molar-refractivity contribution in [1.29, 1.82) is 0 Å². The Bertz CT molecular complexity index is 612. The maximum atomic E-state index is 11.5. The Morgan fingerprint density at radius 1 is 1.30 bits per heavy atom. The van der Waals surface area contributed by atoms with Crippen LogP contribution in [0.4, 0.5) is 11.5 Å². The molecule has 0 saturated heterocycles. The van der Waals surface area contributed by atoms with Gasteiger partial charge in [-0.3, -0.25) is 4.79 Å². The summed E-state index contributed by atoms with van der Waals surface area (Å²) in [6, 6.07) is 11.0. The van der Waals surface area contributed by atoms with Gasteiger partial charge in [0.15, 0.2) is 0 Å². The van der Waals surface area contributed by atoms with Crippen molar-refractivity contribution >= 4 is 17.4 Å². The van der Waals surface area contributed by atoms with Gasteiger partial charge in [0.2, 0.25) is 0 Å². The van der Waals surface area contributed by atoms with Crippen LogP contribution in [0.15, 0.2) is 42.6 Å². The molecule has 0 saturated carbocycles. The largest absolute Gasteiger partial charge is 0.399 e. The summed E-state index contributed by atoms with van der Waals surface area (Å²) in [5, 5.41) is 0. The summed E-state index contributed by atoms with van der Waals surface area (Å²) < 4.78 is 0. The third-order valence-electron chi connectivity index (χ3n) is 3.06. The summed E-state index contributed by atoms with van der Waals surface area (Å²) in [5.74, 6) is 0.129. The number of nitrogen functional groups attached to an aromatic ring is 1. The summed E-state index contributed by atoms with van der Waals surface area (Å²) >= 11 is 0. The fraction of sp³-hybridized carbons (Fsp3) is 0.200. The number of hydrogen-bond acceptors (Lipinski definition) is 4. The number of rotatable bonds is 5. The van der Waals surface area contributed by atoms with Crippen LogP contribution in [0.2, 0.25) is 0 Å². The van der Waals surface area contributed by atoms with E-state index in [0.717, 1.165) is 11.3 Å². The molecule has 5 heteroatoms. The average molecular weight is 270 g/mol. The van der Waals surface area contributed by atoms with Gasteiger partial charge in [0.1, 0.15) is 5.82 Å². The maximum Gasteiger partial charge on any atom is 0.252 e. The molecule has 0 fully saturated rings. The van der Waals surface area contributed by atoms with Crippen molar-refractivity contribution in [2.75, 3.05) is 17.2 Å². The van der Waals surface area contributed by atoms with Crippen LogP contribution in [-0.4, -0.2) is 17.4 Å². The molecule has 0 aliphatic carbocycles. The zero-order valence-electron chi connectivity index (χ0n) is 11.4. The lowest BCUT2D eigenvalue weighted by molar-refractivity contribution is 0.100. The van der Waals surface area contributed by atoms with E-state index in [1.807, 2.05) is 36.1 Å². The quantitative estimate of drug-likeness (QED) is 0.811. The molecule has 1 aromatic carbocycles. The molecule has 1 amide bonds. The first kappa shape index (κ1) is 13.9. The Hall–Kier alpha value is -2.56. The fourth-order valence-electron chi connectivity index (χ4n) is 2.09. The van der Waals surface area contributed by atoms with Gasteiger partial charge in [-0.05, 0) is 36.8 Å². The van der Waals surface area contributed by atoms with Gasteiger partial charge in [0, 0.05) is 25.0 Å². The molecule has 4 N–H and O–H groups in total. The molecular formula is C15H18N4O. The van der Waals surface area contributed by atoms with Crippen molar-refractivity contribution in [2.45, 2.75) is 13.5 Å². The smallest absolute Gasteiger partial charge is 0.252 e. The third kappa shape index (κ3) is 3.06. The number of aromatic nitrogens is 1. The number of carbonyl (C=O) groups is 1. The Morgan fingerprint density at radius 2 is 2.10 bits per heavy atom. The molecule has 0 radical (unpaired) electrons. The summed E-state index contributed by atoms with van der Waals surface area (Å²) in [4.78, 5) is 17.8. The molecule has 2 rings (SSSR count). The van der Waals surface area contributed by atoms with Crippen LogP contribution in [0.1, 0.15) is 22.8 Å². The second-order valence-electron chi connectivity index (χ2n) is 4.50. The molecular weight excluding hydrogens is 252 g/mol. The predicted octanol–water partition coefficient (Wildman–Crippen LogP) is 1.79. The van der Waals surface area contributed by atoms with Gasteiger partial charge in [0.05, 0.1) is 5.56 Å². The second-order valence-corrected chi connectivity index (χ2v) is 4.50. The normalized spacial score (nSPS) is 10.2. The van der Waals surface area contributed by atoms with E-state index < -0.39 is 5.91 Å². The van der Waals surface area contributed by atoms with E-state index in [2.05, 4.69) is 4.98 Å². The molecule has 1 heterocycles. The fourth-order valence-corrected chi connectivity index (χ4v) is 2.09. The molecule has 104 valence electrons. The molecule has 5 nitrogen and oxygen atoms in total. The number of benzene rings is 1. The molecule has 0 spiro atoms. The highest BCUT2D eigenvalue weighted by Crippen LogP contribution is 2.19. The summed E-state index contributed by atoms with van der Waals surface area (Å²) in [6.45, 7) is 3.34. The van der Waals surface area contributed by atoms with Crippen LogP contribution in [0.3, 0.4) is 0 Å². The lowest BCUT2D eigenvalue weighted by atomic mass is 10.1. The molecule has 20 heavy (non-hydrogen) atoms. The van der Waals surface area contributed by atoms with Crippen molar-refractivity contribution < 1.29 is 4.79 Å². The first-order chi connectivity index (χ1) is 9.61. The van der Waals surface area contributed by atoms with E-state index in [4.69, 9.17) is 11.5 Å². The zero-order chi connectivity index (χ0) is 14.5. The number of hydrogen-bond donors (Lipinski definition) is 2. The van der Waals surface area contributed by atoms with E-state index in [9.17, 15) is 4.79 Å². The van der Waals surface area contributed by atoms with Crippen LogP contribution in [0.5, 0.6) is 0 Å². The Balaban J connectivity index is 2.31. The number of amides is 1. The molecule has 0 bridgehead atoms. The Kier molecular flexibility index (Phi) is 4.20. The molecule has 0 aliphatic heterocycles. The van der Waals surface area contributed by atoms with E-state index in [1.54, 1.807) is 18.3 Å².